The number of carbonyl (C=O) groups excluding carboxylic acids is 2. The average Bonchev–Trinajstić information content (AvgIpc) is 2.92. The van der Waals surface area contributed by atoms with Gasteiger partial charge < -0.3 is 24.6 Å². The number of nitrogens with one attached hydrogen (secondary N) is 1. The SMILES string of the molecule is COc1ccc(CN2CC(OCc3ccccc3F)CN(C(=O)NC(C)C)CC2=O)cc1. The second kappa shape index (κ2) is 10.9. The number of halogens is 1. The van der Waals surface area contributed by atoms with Crippen LogP contribution in [0.1, 0.15) is 25.0 Å². The Bertz CT molecular complexity index is 920. The zero-order chi connectivity index (χ0) is 23.1. The van der Waals surface area contributed by atoms with E-state index in [9.17, 15) is 14.0 Å². The Morgan fingerprint density at radius 2 is 1.88 bits per heavy atom. The van der Waals surface area contributed by atoms with Crippen molar-refractivity contribution in [2.24, 2.45) is 0 Å². The maximum Gasteiger partial charge on any atom is 0.318 e. The highest BCUT2D eigenvalue weighted by Crippen LogP contribution is 2.17. The van der Waals surface area contributed by atoms with E-state index in [-0.39, 0.29) is 43.5 Å². The maximum absolute atomic E-state index is 14.0. The second-order valence-electron chi connectivity index (χ2n) is 8.13. The first kappa shape index (κ1) is 23.5. The van der Waals surface area contributed by atoms with Crippen molar-refractivity contribution in [2.75, 3.05) is 26.7 Å². The van der Waals surface area contributed by atoms with Crippen molar-refractivity contribution < 1.29 is 23.5 Å². The fraction of sp³-hybridized carbons (Fsp3) is 0.417. The molecule has 1 heterocycles. The fourth-order valence-electron chi connectivity index (χ4n) is 3.50. The van der Waals surface area contributed by atoms with Gasteiger partial charge in [-0.3, -0.25) is 4.79 Å². The molecule has 1 atom stereocenters. The van der Waals surface area contributed by atoms with Gasteiger partial charge in [-0.15, -0.1) is 0 Å². The zero-order valence-corrected chi connectivity index (χ0v) is 18.7. The third-order valence-corrected chi connectivity index (χ3v) is 5.19. The van der Waals surface area contributed by atoms with Crippen LogP contribution in [-0.2, 0) is 22.7 Å². The summed E-state index contributed by atoms with van der Waals surface area (Å²) in [5, 5.41) is 2.83. The van der Waals surface area contributed by atoms with Crippen LogP contribution in [0, 0.1) is 5.82 Å². The molecule has 3 rings (SSSR count). The normalized spacial score (nSPS) is 16.8. The Morgan fingerprint density at radius 3 is 2.53 bits per heavy atom. The van der Waals surface area contributed by atoms with Crippen LogP contribution in [0.15, 0.2) is 48.5 Å². The van der Waals surface area contributed by atoms with Gasteiger partial charge in [-0.25, -0.2) is 9.18 Å². The molecule has 0 saturated carbocycles. The first-order chi connectivity index (χ1) is 15.4. The molecular formula is C24H30FN3O4. The van der Waals surface area contributed by atoms with Gasteiger partial charge in [-0.05, 0) is 37.6 Å². The number of nitrogens with zero attached hydrogens (tertiary/aromatic N) is 2. The Kier molecular flexibility index (Phi) is 8.05. The molecule has 1 aliphatic rings. The van der Waals surface area contributed by atoms with Gasteiger partial charge in [0.15, 0.2) is 0 Å². The first-order valence-electron chi connectivity index (χ1n) is 10.7. The van der Waals surface area contributed by atoms with E-state index in [1.54, 1.807) is 30.2 Å². The van der Waals surface area contributed by atoms with Crippen LogP contribution in [0.4, 0.5) is 9.18 Å². The molecule has 2 aromatic carbocycles. The molecule has 172 valence electrons. The molecule has 0 radical (unpaired) electrons. The number of benzene rings is 2. The summed E-state index contributed by atoms with van der Waals surface area (Å²) < 4.78 is 25.2. The van der Waals surface area contributed by atoms with Crippen LogP contribution in [-0.4, -0.2) is 60.6 Å². The molecule has 1 fully saturated rings. The summed E-state index contributed by atoms with van der Waals surface area (Å²) in [7, 11) is 1.60. The van der Waals surface area contributed by atoms with E-state index in [1.165, 1.54) is 11.0 Å². The highest BCUT2D eigenvalue weighted by molar-refractivity contribution is 5.84. The molecule has 1 N–H and O–H groups in total. The van der Waals surface area contributed by atoms with Gasteiger partial charge in [0.2, 0.25) is 5.91 Å². The fourth-order valence-corrected chi connectivity index (χ4v) is 3.50. The molecule has 0 aromatic heterocycles. The summed E-state index contributed by atoms with van der Waals surface area (Å²) in [6.07, 6.45) is -0.461. The van der Waals surface area contributed by atoms with Crippen molar-refractivity contribution in [1.29, 1.82) is 0 Å². The summed E-state index contributed by atoms with van der Waals surface area (Å²) >= 11 is 0. The van der Waals surface area contributed by atoms with E-state index in [1.807, 2.05) is 38.1 Å². The number of hydrogen-bond acceptors (Lipinski definition) is 4. The number of ether oxygens (including phenoxy) is 2. The Hall–Kier alpha value is -3.13. The van der Waals surface area contributed by atoms with E-state index in [2.05, 4.69) is 5.32 Å². The molecule has 0 aliphatic carbocycles. The lowest BCUT2D eigenvalue weighted by Gasteiger charge is -2.25. The Balaban J connectivity index is 1.75. The Labute approximate surface area is 188 Å². The molecule has 32 heavy (non-hydrogen) atoms. The van der Waals surface area contributed by atoms with E-state index in [0.29, 0.717) is 18.7 Å². The van der Waals surface area contributed by atoms with Gasteiger partial charge in [0.1, 0.15) is 18.1 Å². The zero-order valence-electron chi connectivity index (χ0n) is 18.7. The smallest absolute Gasteiger partial charge is 0.318 e. The molecule has 3 amide bonds. The van der Waals surface area contributed by atoms with Crippen LogP contribution in [0.25, 0.3) is 0 Å². The molecule has 7 nitrogen and oxygen atoms in total. The van der Waals surface area contributed by atoms with Crippen molar-refractivity contribution in [2.45, 2.75) is 39.1 Å². The quantitative estimate of drug-likeness (QED) is 0.714. The molecule has 1 aliphatic heterocycles. The summed E-state index contributed by atoms with van der Waals surface area (Å²) in [4.78, 5) is 28.7. The van der Waals surface area contributed by atoms with Crippen molar-refractivity contribution in [3.63, 3.8) is 0 Å². The van der Waals surface area contributed by atoms with E-state index < -0.39 is 6.10 Å². The van der Waals surface area contributed by atoms with Gasteiger partial charge in [0.05, 0.1) is 26.4 Å². The molecule has 1 unspecified atom stereocenters. The molecule has 0 bridgehead atoms. The van der Waals surface area contributed by atoms with E-state index >= 15 is 0 Å². The van der Waals surface area contributed by atoms with Gasteiger partial charge >= 0.3 is 6.03 Å². The highest BCUT2D eigenvalue weighted by Gasteiger charge is 2.31. The minimum atomic E-state index is -0.461. The van der Waals surface area contributed by atoms with Crippen molar-refractivity contribution in [1.82, 2.24) is 15.1 Å². The van der Waals surface area contributed by atoms with Crippen molar-refractivity contribution >= 4 is 11.9 Å². The van der Waals surface area contributed by atoms with Gasteiger partial charge in [0.25, 0.3) is 0 Å². The third-order valence-electron chi connectivity index (χ3n) is 5.19. The highest BCUT2D eigenvalue weighted by atomic mass is 19.1. The lowest BCUT2D eigenvalue weighted by atomic mass is 10.2. The van der Waals surface area contributed by atoms with Gasteiger partial charge in [0, 0.05) is 24.7 Å². The molecule has 1 saturated heterocycles. The van der Waals surface area contributed by atoms with Crippen molar-refractivity contribution in [3.05, 3.63) is 65.5 Å². The largest absolute Gasteiger partial charge is 0.497 e. The lowest BCUT2D eigenvalue weighted by molar-refractivity contribution is -0.132. The molecular weight excluding hydrogens is 413 g/mol. The lowest BCUT2D eigenvalue weighted by Crippen LogP contribution is -2.47. The van der Waals surface area contributed by atoms with Crippen LogP contribution >= 0.6 is 0 Å². The predicted molar refractivity (Wildman–Crippen MR) is 119 cm³/mol. The number of methoxy groups -OCH3 is 1. The van der Waals surface area contributed by atoms with Gasteiger partial charge in [-0.2, -0.15) is 0 Å². The Morgan fingerprint density at radius 1 is 1.16 bits per heavy atom. The standard InChI is InChI=1S/C24H30FN3O4/c1-17(2)26-24(30)28-14-21(32-16-19-6-4-5-7-22(19)25)13-27(23(29)15-28)12-18-8-10-20(31-3)11-9-18/h4-11,17,21H,12-16H2,1-3H3,(H,26,30). The maximum atomic E-state index is 14.0. The summed E-state index contributed by atoms with van der Waals surface area (Å²) in [6, 6.07) is 13.5. The van der Waals surface area contributed by atoms with Crippen LogP contribution < -0.4 is 10.1 Å². The van der Waals surface area contributed by atoms with Crippen molar-refractivity contribution in [3.8, 4) is 5.75 Å². The molecule has 8 heteroatoms. The number of carbonyl (C=O) groups is 2. The predicted octanol–water partition coefficient (Wildman–Crippen LogP) is 3.18. The summed E-state index contributed by atoms with van der Waals surface area (Å²) in [6.45, 7) is 4.64. The third kappa shape index (κ3) is 6.43. The minimum Gasteiger partial charge on any atom is -0.497 e. The number of urea groups is 1. The van der Waals surface area contributed by atoms with E-state index in [0.717, 1.165) is 11.3 Å². The summed E-state index contributed by atoms with van der Waals surface area (Å²) in [5.41, 5.74) is 1.37. The molecule has 0 spiro atoms. The number of hydrogen-bond donors (Lipinski definition) is 1. The molecule has 2 aromatic rings. The van der Waals surface area contributed by atoms with E-state index in [4.69, 9.17) is 9.47 Å². The number of amides is 3. The topological polar surface area (TPSA) is 71.1 Å². The average molecular weight is 444 g/mol. The van der Waals surface area contributed by atoms with Gasteiger partial charge in [-0.1, -0.05) is 30.3 Å². The first-order valence-corrected chi connectivity index (χ1v) is 10.7. The van der Waals surface area contributed by atoms with Crippen LogP contribution in [0.3, 0.4) is 0 Å². The van der Waals surface area contributed by atoms with Crippen LogP contribution in [0.5, 0.6) is 5.75 Å². The second-order valence-corrected chi connectivity index (χ2v) is 8.13. The summed E-state index contributed by atoms with van der Waals surface area (Å²) in [5.74, 6) is 0.219. The minimum absolute atomic E-state index is 0.0474. The number of rotatable bonds is 7. The van der Waals surface area contributed by atoms with Crippen LogP contribution in [0.2, 0.25) is 0 Å². The monoisotopic (exact) mass is 443 g/mol.